The topological polar surface area (TPSA) is 72.5 Å². The van der Waals surface area contributed by atoms with Crippen molar-refractivity contribution < 1.29 is 17.9 Å². The van der Waals surface area contributed by atoms with Crippen molar-refractivity contribution in [1.29, 1.82) is 0 Å². The highest BCUT2D eigenvalue weighted by atomic mass is 32.2. The summed E-state index contributed by atoms with van der Waals surface area (Å²) in [6.07, 6.45) is 0.581. The van der Waals surface area contributed by atoms with E-state index in [9.17, 15) is 13.2 Å². The zero-order valence-electron chi connectivity index (χ0n) is 14.2. The third kappa shape index (κ3) is 3.54. The molecule has 0 unspecified atom stereocenters. The maximum absolute atomic E-state index is 12.5. The molecule has 6 heteroatoms. The van der Waals surface area contributed by atoms with Gasteiger partial charge in [-0.2, -0.15) is 0 Å². The number of benzene rings is 2. The fourth-order valence-electron chi connectivity index (χ4n) is 2.83. The molecule has 1 heterocycles. The normalized spacial score (nSPS) is 16.4. The van der Waals surface area contributed by atoms with Crippen molar-refractivity contribution in [2.45, 2.75) is 36.5 Å². The third-order valence-corrected chi connectivity index (χ3v) is 6.47. The summed E-state index contributed by atoms with van der Waals surface area (Å²) in [7, 11) is -3.53. The second kappa shape index (κ2) is 6.88. The van der Waals surface area contributed by atoms with Gasteiger partial charge in [0.15, 0.2) is 9.84 Å². The molecule has 1 aliphatic rings. The number of carbonyl (C=O) groups excluding carboxylic acids is 1. The Kier molecular flexibility index (Phi) is 4.81. The van der Waals surface area contributed by atoms with Gasteiger partial charge in [0.1, 0.15) is 11.9 Å². The summed E-state index contributed by atoms with van der Waals surface area (Å²) in [6.45, 7) is 3.53. The van der Waals surface area contributed by atoms with E-state index in [1.807, 2.05) is 24.3 Å². The largest absolute Gasteiger partial charge is 0.488 e. The van der Waals surface area contributed by atoms with E-state index in [-0.39, 0.29) is 16.6 Å². The highest BCUT2D eigenvalue weighted by Crippen LogP contribution is 2.28. The molecule has 132 valence electrons. The quantitative estimate of drug-likeness (QED) is 0.891. The molecule has 1 atom stereocenters. The Bertz CT molecular complexity index is 865. The predicted octanol–water partition coefficient (Wildman–Crippen LogP) is 2.60. The first-order valence-electron chi connectivity index (χ1n) is 8.25. The summed E-state index contributed by atoms with van der Waals surface area (Å²) in [5.74, 6) is 0.434. The fourth-order valence-corrected chi connectivity index (χ4v) is 4.07. The molecule has 0 fully saturated rings. The van der Waals surface area contributed by atoms with Gasteiger partial charge < -0.3 is 10.1 Å². The molecule has 2 aromatic rings. The first kappa shape index (κ1) is 17.5. The van der Waals surface area contributed by atoms with Gasteiger partial charge >= 0.3 is 0 Å². The Balaban J connectivity index is 1.71. The van der Waals surface area contributed by atoms with Gasteiger partial charge in [0.05, 0.1) is 22.3 Å². The lowest BCUT2D eigenvalue weighted by molar-refractivity contribution is 0.0930. The summed E-state index contributed by atoms with van der Waals surface area (Å²) in [5.41, 5.74) is 1.29. The molecular formula is C19H21NO4S. The number of nitrogens with one attached hydrogen (secondary N) is 1. The number of rotatable bonds is 5. The van der Waals surface area contributed by atoms with Gasteiger partial charge in [-0.15, -0.1) is 0 Å². The van der Waals surface area contributed by atoms with Crippen molar-refractivity contribution in [1.82, 2.24) is 5.32 Å². The van der Waals surface area contributed by atoms with Gasteiger partial charge in [-0.25, -0.2) is 8.42 Å². The van der Waals surface area contributed by atoms with E-state index in [4.69, 9.17) is 4.74 Å². The number of ether oxygens (including phenoxy) is 1. The number of fused-ring (bicyclic) bond motifs is 1. The molecule has 0 aliphatic carbocycles. The maximum atomic E-state index is 12.5. The van der Waals surface area contributed by atoms with E-state index in [1.54, 1.807) is 26.0 Å². The van der Waals surface area contributed by atoms with Crippen molar-refractivity contribution in [2.24, 2.45) is 0 Å². The van der Waals surface area contributed by atoms with E-state index >= 15 is 0 Å². The van der Waals surface area contributed by atoms with Gasteiger partial charge in [-0.05, 0) is 37.6 Å². The van der Waals surface area contributed by atoms with Crippen LogP contribution in [-0.2, 0) is 16.3 Å². The molecule has 0 radical (unpaired) electrons. The van der Waals surface area contributed by atoms with E-state index in [1.165, 1.54) is 12.1 Å². The van der Waals surface area contributed by atoms with Gasteiger partial charge in [0, 0.05) is 6.42 Å². The number of amides is 1. The minimum absolute atomic E-state index is 0.0677. The van der Waals surface area contributed by atoms with Crippen LogP contribution < -0.4 is 10.1 Å². The number of hydrogen-bond acceptors (Lipinski definition) is 4. The van der Waals surface area contributed by atoms with Crippen molar-refractivity contribution >= 4 is 15.7 Å². The SMILES string of the molecule is CC(C)S(=O)(=O)c1ccccc1C(=O)NC[C@H]1Cc2ccccc2O1. The van der Waals surface area contributed by atoms with Crippen LogP contribution in [0.2, 0.25) is 0 Å². The summed E-state index contributed by atoms with van der Waals surface area (Å²) < 4.78 is 30.7. The number of sulfone groups is 1. The van der Waals surface area contributed by atoms with Crippen LogP contribution in [0.1, 0.15) is 29.8 Å². The lowest BCUT2D eigenvalue weighted by atomic mass is 10.1. The second-order valence-corrected chi connectivity index (χ2v) is 8.82. The van der Waals surface area contributed by atoms with Gasteiger partial charge in [0.25, 0.3) is 5.91 Å². The zero-order chi connectivity index (χ0) is 18.0. The number of para-hydroxylation sites is 1. The van der Waals surface area contributed by atoms with Crippen LogP contribution in [-0.4, -0.2) is 32.2 Å². The van der Waals surface area contributed by atoms with E-state index in [0.717, 1.165) is 17.7 Å². The average Bonchev–Trinajstić information content (AvgIpc) is 3.02. The predicted molar refractivity (Wildman–Crippen MR) is 95.7 cm³/mol. The van der Waals surface area contributed by atoms with Crippen molar-refractivity contribution in [3.05, 3.63) is 59.7 Å². The Morgan fingerprint density at radius 1 is 1.16 bits per heavy atom. The van der Waals surface area contributed by atoms with Crippen LogP contribution >= 0.6 is 0 Å². The lowest BCUT2D eigenvalue weighted by Gasteiger charge is -2.15. The molecule has 0 bridgehead atoms. The summed E-state index contributed by atoms with van der Waals surface area (Å²) in [5, 5.41) is 2.21. The smallest absolute Gasteiger partial charge is 0.252 e. The molecule has 0 aromatic heterocycles. The molecule has 5 nitrogen and oxygen atoms in total. The Labute approximate surface area is 147 Å². The highest BCUT2D eigenvalue weighted by Gasteiger charge is 2.27. The van der Waals surface area contributed by atoms with Gasteiger partial charge in [0.2, 0.25) is 0 Å². The maximum Gasteiger partial charge on any atom is 0.252 e. The molecule has 0 saturated carbocycles. The Morgan fingerprint density at radius 2 is 1.84 bits per heavy atom. The third-order valence-electron chi connectivity index (χ3n) is 4.26. The molecule has 25 heavy (non-hydrogen) atoms. The van der Waals surface area contributed by atoms with Crippen LogP contribution in [0.3, 0.4) is 0 Å². The molecular weight excluding hydrogens is 338 g/mol. The second-order valence-electron chi connectivity index (χ2n) is 6.35. The monoisotopic (exact) mass is 359 g/mol. The van der Waals surface area contributed by atoms with E-state index < -0.39 is 21.0 Å². The van der Waals surface area contributed by atoms with Crippen molar-refractivity contribution in [3.63, 3.8) is 0 Å². The highest BCUT2D eigenvalue weighted by molar-refractivity contribution is 7.92. The Morgan fingerprint density at radius 3 is 2.56 bits per heavy atom. The minimum Gasteiger partial charge on any atom is -0.488 e. The fraction of sp³-hybridized carbons (Fsp3) is 0.316. The molecule has 1 aliphatic heterocycles. The molecule has 3 rings (SSSR count). The molecule has 2 aromatic carbocycles. The van der Waals surface area contributed by atoms with E-state index in [0.29, 0.717) is 6.54 Å². The van der Waals surface area contributed by atoms with Crippen molar-refractivity contribution in [2.75, 3.05) is 6.54 Å². The summed E-state index contributed by atoms with van der Waals surface area (Å²) >= 11 is 0. The van der Waals surface area contributed by atoms with Crippen LogP contribution in [0.25, 0.3) is 0 Å². The number of hydrogen-bond donors (Lipinski definition) is 1. The van der Waals surface area contributed by atoms with Crippen LogP contribution in [0, 0.1) is 0 Å². The molecule has 1 amide bonds. The molecule has 1 N–H and O–H groups in total. The van der Waals surface area contributed by atoms with Crippen LogP contribution in [0.4, 0.5) is 0 Å². The summed E-state index contributed by atoms with van der Waals surface area (Å²) in [4.78, 5) is 12.6. The lowest BCUT2D eigenvalue weighted by Crippen LogP contribution is -2.35. The molecule has 0 spiro atoms. The van der Waals surface area contributed by atoms with Crippen molar-refractivity contribution in [3.8, 4) is 5.75 Å². The first-order chi connectivity index (χ1) is 11.9. The van der Waals surface area contributed by atoms with Gasteiger partial charge in [-0.1, -0.05) is 30.3 Å². The standard InChI is InChI=1S/C19H21NO4S/c1-13(2)25(22,23)18-10-6-4-8-16(18)19(21)20-12-15-11-14-7-3-5-9-17(14)24-15/h3-10,13,15H,11-12H2,1-2H3,(H,20,21)/t15-/m1/s1. The Hall–Kier alpha value is -2.34. The average molecular weight is 359 g/mol. The molecule has 0 saturated heterocycles. The van der Waals surface area contributed by atoms with Crippen LogP contribution in [0.15, 0.2) is 53.4 Å². The minimum atomic E-state index is -3.53. The number of carbonyl (C=O) groups is 1. The first-order valence-corrected chi connectivity index (χ1v) is 9.80. The summed E-state index contributed by atoms with van der Waals surface area (Å²) in [6, 6.07) is 14.1. The van der Waals surface area contributed by atoms with Gasteiger partial charge in [-0.3, -0.25) is 4.79 Å². The van der Waals surface area contributed by atoms with E-state index in [2.05, 4.69) is 5.32 Å². The van der Waals surface area contributed by atoms with Crippen LogP contribution in [0.5, 0.6) is 5.75 Å². The zero-order valence-corrected chi connectivity index (χ0v) is 15.0.